The van der Waals surface area contributed by atoms with E-state index in [0.717, 1.165) is 11.0 Å². The Morgan fingerprint density at radius 2 is 2.12 bits per heavy atom. The Morgan fingerprint density at radius 3 is 2.92 bits per heavy atom. The molecule has 0 aliphatic rings. The zero-order valence-electron chi connectivity index (χ0n) is 13.5. The summed E-state index contributed by atoms with van der Waals surface area (Å²) in [4.78, 5) is 16.5. The van der Waals surface area contributed by atoms with Gasteiger partial charge in [-0.1, -0.05) is 48.3 Å². The first-order valence-corrected chi connectivity index (χ1v) is 8.48. The average molecular weight is 375 g/mol. The predicted molar refractivity (Wildman–Crippen MR) is 101 cm³/mol. The minimum absolute atomic E-state index is 0.181. The fraction of sp³-hybridized carbons (Fsp3) is 0.167. The van der Waals surface area contributed by atoms with Gasteiger partial charge < -0.3 is 4.57 Å². The fourth-order valence-electron chi connectivity index (χ4n) is 2.42. The first-order valence-electron chi connectivity index (χ1n) is 7.72. The Labute approximate surface area is 155 Å². The van der Waals surface area contributed by atoms with Crippen molar-refractivity contribution in [1.82, 2.24) is 15.0 Å². The molecule has 0 aliphatic heterocycles. The SMILES string of the molecule is C[C@H](Cn1cnc2ccccc21)C(=O)N/N=C\c1ccc(Cl)cc1Cl. The molecule has 0 aliphatic carbocycles. The molecule has 5 nitrogen and oxygen atoms in total. The van der Waals surface area contributed by atoms with Crippen LogP contribution in [0.5, 0.6) is 0 Å². The number of carbonyl (C=O) groups excluding carboxylic acids is 1. The largest absolute Gasteiger partial charge is 0.330 e. The molecule has 0 saturated carbocycles. The second kappa shape index (κ2) is 7.68. The summed E-state index contributed by atoms with van der Waals surface area (Å²) in [6.45, 7) is 2.36. The normalized spacial score (nSPS) is 12.6. The van der Waals surface area contributed by atoms with E-state index in [4.69, 9.17) is 23.2 Å². The Kier molecular flexibility index (Phi) is 5.36. The molecule has 0 saturated heterocycles. The molecule has 2 aromatic carbocycles. The molecule has 1 aromatic heterocycles. The molecule has 128 valence electrons. The maximum Gasteiger partial charge on any atom is 0.244 e. The molecule has 3 rings (SSSR count). The van der Waals surface area contributed by atoms with Crippen molar-refractivity contribution in [2.75, 3.05) is 0 Å². The van der Waals surface area contributed by atoms with Crippen LogP contribution in [0.4, 0.5) is 0 Å². The summed E-state index contributed by atoms with van der Waals surface area (Å²) in [6.07, 6.45) is 3.24. The summed E-state index contributed by atoms with van der Waals surface area (Å²) in [5.41, 5.74) is 5.13. The van der Waals surface area contributed by atoms with Gasteiger partial charge in [-0.3, -0.25) is 4.79 Å². The lowest BCUT2D eigenvalue weighted by Crippen LogP contribution is -2.27. The van der Waals surface area contributed by atoms with E-state index in [9.17, 15) is 4.79 Å². The van der Waals surface area contributed by atoms with Gasteiger partial charge in [-0.15, -0.1) is 0 Å². The Morgan fingerprint density at radius 1 is 1.32 bits per heavy atom. The number of hydrogen-bond donors (Lipinski definition) is 1. The van der Waals surface area contributed by atoms with Crippen LogP contribution in [0.2, 0.25) is 10.0 Å². The quantitative estimate of drug-likeness (QED) is 0.539. The van der Waals surface area contributed by atoms with Crippen LogP contribution in [-0.2, 0) is 11.3 Å². The highest BCUT2D eigenvalue weighted by molar-refractivity contribution is 6.36. The highest BCUT2D eigenvalue weighted by Gasteiger charge is 2.14. The van der Waals surface area contributed by atoms with Gasteiger partial charge in [0, 0.05) is 17.1 Å². The number of nitrogens with one attached hydrogen (secondary N) is 1. The van der Waals surface area contributed by atoms with E-state index in [1.807, 2.05) is 35.8 Å². The number of aromatic nitrogens is 2. The monoisotopic (exact) mass is 374 g/mol. The standard InChI is InChI=1S/C18H16Cl2N4O/c1-12(10-24-11-21-16-4-2-3-5-17(16)24)18(25)23-22-9-13-6-7-14(19)8-15(13)20/h2-9,11-12H,10H2,1H3,(H,23,25)/b22-9-/t12-/m1/s1. The molecule has 0 radical (unpaired) electrons. The van der Waals surface area contributed by atoms with Crippen LogP contribution in [0.15, 0.2) is 53.9 Å². The van der Waals surface area contributed by atoms with Gasteiger partial charge in [0.25, 0.3) is 0 Å². The van der Waals surface area contributed by atoms with Gasteiger partial charge in [0.05, 0.1) is 34.5 Å². The summed E-state index contributed by atoms with van der Waals surface area (Å²) in [5.74, 6) is -0.449. The van der Waals surface area contributed by atoms with Crippen molar-refractivity contribution < 1.29 is 4.79 Å². The van der Waals surface area contributed by atoms with E-state index in [0.29, 0.717) is 22.2 Å². The number of benzene rings is 2. The van der Waals surface area contributed by atoms with Crippen molar-refractivity contribution in [2.24, 2.45) is 11.0 Å². The van der Waals surface area contributed by atoms with Gasteiger partial charge in [-0.25, -0.2) is 10.4 Å². The highest BCUT2D eigenvalue weighted by atomic mass is 35.5. The molecule has 0 spiro atoms. The summed E-state index contributed by atoms with van der Waals surface area (Å²) in [5, 5.41) is 4.99. The third-order valence-electron chi connectivity index (χ3n) is 3.79. The minimum Gasteiger partial charge on any atom is -0.330 e. The van der Waals surface area contributed by atoms with Crippen molar-refractivity contribution in [3.8, 4) is 0 Å². The maximum absolute atomic E-state index is 12.2. The van der Waals surface area contributed by atoms with Crippen LogP contribution in [0.1, 0.15) is 12.5 Å². The second-order valence-corrected chi connectivity index (χ2v) is 6.53. The topological polar surface area (TPSA) is 59.3 Å². The summed E-state index contributed by atoms with van der Waals surface area (Å²) >= 11 is 11.9. The first kappa shape index (κ1) is 17.5. The van der Waals surface area contributed by atoms with E-state index in [1.54, 1.807) is 24.5 Å². The number of halogens is 2. The Bertz CT molecular complexity index is 936. The highest BCUT2D eigenvalue weighted by Crippen LogP contribution is 2.19. The zero-order chi connectivity index (χ0) is 17.8. The number of amides is 1. The number of carbonyl (C=O) groups is 1. The van der Waals surface area contributed by atoms with Crippen molar-refractivity contribution >= 4 is 46.4 Å². The van der Waals surface area contributed by atoms with Gasteiger partial charge in [-0.05, 0) is 24.3 Å². The van der Waals surface area contributed by atoms with Crippen LogP contribution in [0.3, 0.4) is 0 Å². The van der Waals surface area contributed by atoms with Gasteiger partial charge >= 0.3 is 0 Å². The molecule has 7 heteroatoms. The lowest BCUT2D eigenvalue weighted by atomic mass is 10.1. The molecule has 0 unspecified atom stereocenters. The lowest BCUT2D eigenvalue weighted by molar-refractivity contribution is -0.124. The number of hydrazone groups is 1. The van der Waals surface area contributed by atoms with Crippen molar-refractivity contribution in [1.29, 1.82) is 0 Å². The van der Waals surface area contributed by atoms with Gasteiger partial charge in [0.15, 0.2) is 0 Å². The van der Waals surface area contributed by atoms with Crippen LogP contribution >= 0.6 is 23.2 Å². The minimum atomic E-state index is -0.268. The molecule has 3 aromatic rings. The molecule has 1 N–H and O–H groups in total. The predicted octanol–water partition coefficient (Wildman–Crippen LogP) is 4.13. The van der Waals surface area contributed by atoms with Crippen molar-refractivity contribution in [2.45, 2.75) is 13.5 Å². The number of rotatable bonds is 5. The average Bonchev–Trinajstić information content (AvgIpc) is 3.00. The number of hydrogen-bond acceptors (Lipinski definition) is 3. The molecule has 0 bridgehead atoms. The van der Waals surface area contributed by atoms with E-state index < -0.39 is 0 Å². The number of fused-ring (bicyclic) bond motifs is 1. The zero-order valence-corrected chi connectivity index (χ0v) is 15.0. The molecule has 25 heavy (non-hydrogen) atoms. The molecular formula is C18H16Cl2N4O. The van der Waals surface area contributed by atoms with E-state index in [1.165, 1.54) is 6.21 Å². The fourth-order valence-corrected chi connectivity index (χ4v) is 2.87. The maximum atomic E-state index is 12.2. The molecule has 1 heterocycles. The smallest absolute Gasteiger partial charge is 0.244 e. The number of para-hydroxylation sites is 2. The van der Waals surface area contributed by atoms with E-state index >= 15 is 0 Å². The van der Waals surface area contributed by atoms with Crippen molar-refractivity contribution in [3.05, 3.63) is 64.4 Å². The van der Waals surface area contributed by atoms with Crippen molar-refractivity contribution in [3.63, 3.8) is 0 Å². The third-order valence-corrected chi connectivity index (χ3v) is 4.35. The molecule has 1 amide bonds. The number of nitrogens with zero attached hydrogens (tertiary/aromatic N) is 3. The second-order valence-electron chi connectivity index (χ2n) is 5.69. The van der Waals surface area contributed by atoms with E-state index in [2.05, 4.69) is 15.5 Å². The number of imidazole rings is 1. The van der Waals surface area contributed by atoms with Gasteiger partial charge in [0.2, 0.25) is 5.91 Å². The third kappa shape index (κ3) is 4.18. The van der Waals surface area contributed by atoms with Crippen LogP contribution in [0, 0.1) is 5.92 Å². The van der Waals surface area contributed by atoms with Crippen LogP contribution in [-0.4, -0.2) is 21.7 Å². The summed E-state index contributed by atoms with van der Waals surface area (Å²) in [6, 6.07) is 12.9. The first-order chi connectivity index (χ1) is 12.0. The Hall–Kier alpha value is -2.37. The van der Waals surface area contributed by atoms with E-state index in [-0.39, 0.29) is 11.8 Å². The molecular weight excluding hydrogens is 359 g/mol. The van der Waals surface area contributed by atoms with Gasteiger partial charge in [-0.2, -0.15) is 5.10 Å². The summed E-state index contributed by atoms with van der Waals surface area (Å²) in [7, 11) is 0. The van der Waals surface area contributed by atoms with Crippen LogP contribution in [0.25, 0.3) is 11.0 Å². The van der Waals surface area contributed by atoms with Gasteiger partial charge in [0.1, 0.15) is 0 Å². The molecule has 1 atom stereocenters. The lowest BCUT2D eigenvalue weighted by Gasteiger charge is -2.11. The summed E-state index contributed by atoms with van der Waals surface area (Å²) < 4.78 is 1.96. The Balaban J connectivity index is 1.62. The molecule has 0 fully saturated rings. The van der Waals surface area contributed by atoms with Crippen LogP contribution < -0.4 is 5.43 Å².